The second-order valence-electron chi connectivity index (χ2n) is 7.25. The Morgan fingerprint density at radius 1 is 1.00 bits per heavy atom. The van der Waals surface area contributed by atoms with Gasteiger partial charge in [-0.3, -0.25) is 9.59 Å². The number of benzene rings is 3. The molecule has 6 nitrogen and oxygen atoms in total. The Morgan fingerprint density at radius 3 is 2.49 bits per heavy atom. The number of aliphatic hydroxyl groups excluding tert-OH is 1. The summed E-state index contributed by atoms with van der Waals surface area (Å²) in [5.41, 5.74) is 2.45. The largest absolute Gasteiger partial charge is 0.417 e. The molecule has 3 N–H and O–H groups in total. The molecule has 0 radical (unpaired) electrons. The lowest BCUT2D eigenvalue weighted by Crippen LogP contribution is -2.21. The van der Waals surface area contributed by atoms with E-state index in [4.69, 9.17) is 28.3 Å². The number of amides is 2. The van der Waals surface area contributed by atoms with Crippen LogP contribution in [0, 0.1) is 0 Å². The molecule has 3 aromatic rings. The van der Waals surface area contributed by atoms with E-state index in [1.807, 2.05) is 0 Å². The molecule has 0 saturated heterocycles. The summed E-state index contributed by atoms with van der Waals surface area (Å²) in [7, 11) is 0. The van der Waals surface area contributed by atoms with E-state index >= 15 is 0 Å². The fraction of sp³-hybridized carbons (Fsp3) is 0.125. The lowest BCUT2D eigenvalue weighted by atomic mass is 10.1. The number of anilines is 1. The van der Waals surface area contributed by atoms with Gasteiger partial charge in [-0.15, -0.1) is 0 Å². The van der Waals surface area contributed by atoms with Gasteiger partial charge in [-0.25, -0.2) is 5.43 Å². The number of nitrogens with one attached hydrogen (secondary N) is 2. The molecule has 0 saturated carbocycles. The molecule has 2 amide bonds. The van der Waals surface area contributed by atoms with Crippen molar-refractivity contribution in [2.24, 2.45) is 5.10 Å². The van der Waals surface area contributed by atoms with Gasteiger partial charge >= 0.3 is 6.18 Å². The van der Waals surface area contributed by atoms with E-state index in [0.29, 0.717) is 12.0 Å². The highest BCUT2D eigenvalue weighted by molar-refractivity contribution is 6.31. The van der Waals surface area contributed by atoms with E-state index in [0.717, 1.165) is 23.9 Å². The van der Waals surface area contributed by atoms with Gasteiger partial charge in [0.05, 0.1) is 28.1 Å². The molecule has 0 spiro atoms. The van der Waals surface area contributed by atoms with Crippen LogP contribution in [0.4, 0.5) is 18.9 Å². The highest BCUT2D eigenvalue weighted by Crippen LogP contribution is 2.34. The maximum atomic E-state index is 13.0. The minimum absolute atomic E-state index is 0.0124. The summed E-state index contributed by atoms with van der Waals surface area (Å²) in [5, 5.41) is 15.2. The third-order valence-corrected chi connectivity index (χ3v) is 5.30. The van der Waals surface area contributed by atoms with Crippen molar-refractivity contribution in [3.63, 3.8) is 0 Å². The van der Waals surface area contributed by atoms with E-state index in [2.05, 4.69) is 15.8 Å². The Balaban J connectivity index is 1.77. The highest BCUT2D eigenvalue weighted by Gasteiger charge is 2.33. The van der Waals surface area contributed by atoms with E-state index in [1.54, 1.807) is 24.3 Å². The van der Waals surface area contributed by atoms with Gasteiger partial charge in [0, 0.05) is 17.2 Å². The van der Waals surface area contributed by atoms with Crippen molar-refractivity contribution in [3.05, 3.63) is 98.5 Å². The number of carbonyl (C=O) groups excluding carboxylic acids is 2. The molecular formula is C24H18Cl2F3N3O3. The van der Waals surface area contributed by atoms with Gasteiger partial charge in [0.2, 0.25) is 0 Å². The first-order chi connectivity index (χ1) is 16.6. The number of hydrogen-bond donors (Lipinski definition) is 3. The van der Waals surface area contributed by atoms with Crippen molar-refractivity contribution in [3.8, 4) is 0 Å². The summed E-state index contributed by atoms with van der Waals surface area (Å²) in [6.07, 6.45) is -3.24. The Labute approximate surface area is 208 Å². The van der Waals surface area contributed by atoms with Crippen molar-refractivity contribution in [2.75, 3.05) is 11.9 Å². The number of rotatable bonds is 7. The molecular weight excluding hydrogens is 506 g/mol. The van der Waals surface area contributed by atoms with Gasteiger partial charge < -0.3 is 10.4 Å². The van der Waals surface area contributed by atoms with E-state index in [1.165, 1.54) is 24.3 Å². The Morgan fingerprint density at radius 2 is 1.77 bits per heavy atom. The average Bonchev–Trinajstić information content (AvgIpc) is 2.81. The molecule has 11 heteroatoms. The molecule has 182 valence electrons. The zero-order valence-electron chi connectivity index (χ0n) is 17.9. The van der Waals surface area contributed by atoms with E-state index in [9.17, 15) is 22.8 Å². The molecule has 0 heterocycles. The zero-order valence-corrected chi connectivity index (χ0v) is 19.4. The SMILES string of the molecule is O=C(Nc1ccc(Cl)cc1C(=O)N/N=C/c1ccc(Cl)c(C(F)(F)F)c1)c1cccc(CCO)c1. The van der Waals surface area contributed by atoms with Gasteiger partial charge in [-0.05, 0) is 60.0 Å². The van der Waals surface area contributed by atoms with Crippen LogP contribution < -0.4 is 10.7 Å². The zero-order chi connectivity index (χ0) is 25.6. The maximum absolute atomic E-state index is 13.0. The molecule has 0 bridgehead atoms. The van der Waals surface area contributed by atoms with E-state index < -0.39 is 28.6 Å². The van der Waals surface area contributed by atoms with Crippen molar-refractivity contribution in [1.29, 1.82) is 0 Å². The normalized spacial score (nSPS) is 11.5. The lowest BCUT2D eigenvalue weighted by Gasteiger charge is -2.11. The molecule has 0 aromatic heterocycles. The Kier molecular flexibility index (Phi) is 8.50. The quantitative estimate of drug-likeness (QED) is 0.279. The number of aliphatic hydroxyl groups is 1. The fourth-order valence-corrected chi connectivity index (χ4v) is 3.47. The molecule has 3 aromatic carbocycles. The van der Waals surface area contributed by atoms with Crippen LogP contribution in [0.2, 0.25) is 10.0 Å². The first-order valence-corrected chi connectivity index (χ1v) is 10.8. The fourth-order valence-electron chi connectivity index (χ4n) is 3.07. The predicted molar refractivity (Wildman–Crippen MR) is 128 cm³/mol. The average molecular weight is 524 g/mol. The second-order valence-corrected chi connectivity index (χ2v) is 8.10. The highest BCUT2D eigenvalue weighted by atomic mass is 35.5. The number of hydrogen-bond acceptors (Lipinski definition) is 4. The number of hydrazone groups is 1. The monoisotopic (exact) mass is 523 g/mol. The van der Waals surface area contributed by atoms with Crippen LogP contribution in [-0.2, 0) is 12.6 Å². The molecule has 0 unspecified atom stereocenters. The first kappa shape index (κ1) is 26.2. The summed E-state index contributed by atoms with van der Waals surface area (Å²) < 4.78 is 39.0. The van der Waals surface area contributed by atoms with Crippen LogP contribution >= 0.6 is 23.2 Å². The van der Waals surface area contributed by atoms with Gasteiger partial charge in [-0.2, -0.15) is 18.3 Å². The maximum Gasteiger partial charge on any atom is 0.417 e. The van der Waals surface area contributed by atoms with Crippen LogP contribution in [0.15, 0.2) is 65.8 Å². The first-order valence-electron chi connectivity index (χ1n) is 10.1. The minimum Gasteiger partial charge on any atom is -0.396 e. The van der Waals surface area contributed by atoms with Crippen molar-refractivity contribution in [2.45, 2.75) is 12.6 Å². The summed E-state index contributed by atoms with van der Waals surface area (Å²) in [6.45, 7) is -0.0688. The van der Waals surface area contributed by atoms with Gasteiger partial charge in [-0.1, -0.05) is 41.4 Å². The number of halogens is 5. The molecule has 3 rings (SSSR count). The molecule has 0 aliphatic rings. The van der Waals surface area contributed by atoms with Crippen LogP contribution in [-0.4, -0.2) is 29.7 Å². The summed E-state index contributed by atoms with van der Waals surface area (Å²) in [6, 6.07) is 14.1. The molecule has 0 aliphatic heterocycles. The number of nitrogens with zero attached hydrogens (tertiary/aromatic N) is 1. The molecule has 35 heavy (non-hydrogen) atoms. The van der Waals surface area contributed by atoms with Crippen molar-refractivity contribution >= 4 is 46.9 Å². The molecule has 0 atom stereocenters. The van der Waals surface area contributed by atoms with Gasteiger partial charge in [0.15, 0.2) is 0 Å². The van der Waals surface area contributed by atoms with Crippen molar-refractivity contribution < 1.29 is 27.9 Å². The predicted octanol–water partition coefficient (Wildman–Crippen LogP) is 5.56. The third kappa shape index (κ3) is 7.05. The van der Waals surface area contributed by atoms with Gasteiger partial charge in [0.25, 0.3) is 11.8 Å². The lowest BCUT2D eigenvalue weighted by molar-refractivity contribution is -0.137. The van der Waals surface area contributed by atoms with Crippen LogP contribution in [0.1, 0.15) is 37.4 Å². The summed E-state index contributed by atoms with van der Waals surface area (Å²) in [4.78, 5) is 25.4. The van der Waals surface area contributed by atoms with Crippen LogP contribution in [0.3, 0.4) is 0 Å². The summed E-state index contributed by atoms with van der Waals surface area (Å²) >= 11 is 11.6. The molecule has 0 fully saturated rings. The standard InChI is InChI=1S/C24H18Cl2F3N3O3/c25-17-5-7-21(31-22(34)16-3-1-2-14(10-16)8-9-33)18(12-17)23(35)32-30-13-15-4-6-20(26)19(11-15)24(27,28)29/h1-7,10-13,33H,8-9H2,(H,31,34)(H,32,35)/b30-13+. The van der Waals surface area contributed by atoms with Crippen LogP contribution in [0.5, 0.6) is 0 Å². The van der Waals surface area contributed by atoms with Gasteiger partial charge in [0.1, 0.15) is 0 Å². The Hall–Kier alpha value is -3.40. The smallest absolute Gasteiger partial charge is 0.396 e. The summed E-state index contributed by atoms with van der Waals surface area (Å²) in [5.74, 6) is -1.25. The third-order valence-electron chi connectivity index (χ3n) is 4.74. The van der Waals surface area contributed by atoms with E-state index in [-0.39, 0.29) is 28.4 Å². The minimum atomic E-state index is -4.64. The second kappa shape index (κ2) is 11.4. The topological polar surface area (TPSA) is 90.8 Å². The molecule has 0 aliphatic carbocycles. The van der Waals surface area contributed by atoms with Crippen molar-refractivity contribution in [1.82, 2.24) is 5.43 Å². The number of carbonyl (C=O) groups is 2. The Bertz CT molecular complexity index is 1280. The van der Waals surface area contributed by atoms with Crippen LogP contribution in [0.25, 0.3) is 0 Å². The number of alkyl halides is 3.